The van der Waals surface area contributed by atoms with E-state index in [-0.39, 0.29) is 18.9 Å². The predicted octanol–water partition coefficient (Wildman–Crippen LogP) is 14.2. The fraction of sp³-hybridized carbons (Fsp3) is 0.702. The molecule has 4 atom stereocenters. The number of rotatable bonds is 47. The van der Waals surface area contributed by atoms with Crippen LogP contribution in [0.3, 0.4) is 0 Å². The third kappa shape index (κ3) is 48.2. The molecule has 1 amide bonds. The first-order valence-electron chi connectivity index (χ1n) is 26.7. The van der Waals surface area contributed by atoms with Gasteiger partial charge < -0.3 is 34.0 Å². The Kier molecular flexibility index (Phi) is 45.2. The zero-order valence-corrected chi connectivity index (χ0v) is 44.3. The quantitative estimate of drug-likeness (QED) is 0.0240. The van der Waals surface area contributed by atoms with Gasteiger partial charge in [-0.25, -0.2) is 0 Å². The van der Waals surface area contributed by atoms with Crippen LogP contribution < -0.4 is 10.2 Å². The largest absolute Gasteiger partial charge is 0.756 e. The summed E-state index contributed by atoms with van der Waals surface area (Å²) in [6.45, 7) is 4.27. The number of phosphoric ester groups is 1. The number of amides is 1. The number of phosphoric acid groups is 1. The molecule has 386 valence electrons. The molecule has 9 nitrogen and oxygen atoms in total. The van der Waals surface area contributed by atoms with Crippen LogP contribution in [0, 0.1) is 0 Å². The highest BCUT2D eigenvalue weighted by atomic mass is 31.2. The molecule has 0 heterocycles. The molecule has 0 aliphatic heterocycles. The van der Waals surface area contributed by atoms with E-state index in [4.69, 9.17) is 9.05 Å². The number of likely N-dealkylation sites (N-methyl/N-ethyl adjacent to an activating group) is 1. The van der Waals surface area contributed by atoms with Crippen LogP contribution in [0.1, 0.15) is 200 Å². The van der Waals surface area contributed by atoms with E-state index in [0.29, 0.717) is 30.3 Å². The lowest BCUT2D eigenvalue weighted by Gasteiger charge is -2.31. The summed E-state index contributed by atoms with van der Waals surface area (Å²) in [5.74, 6) is -0.300. The Labute approximate surface area is 411 Å². The molecule has 67 heavy (non-hydrogen) atoms. The minimum Gasteiger partial charge on any atom is -0.756 e. The van der Waals surface area contributed by atoms with E-state index < -0.39 is 32.7 Å². The Morgan fingerprint density at radius 3 is 1.39 bits per heavy atom. The van der Waals surface area contributed by atoms with Gasteiger partial charge in [-0.2, -0.15) is 0 Å². The first-order chi connectivity index (χ1) is 32.4. The summed E-state index contributed by atoms with van der Waals surface area (Å²) >= 11 is 0. The fourth-order valence-corrected chi connectivity index (χ4v) is 7.90. The maximum atomic E-state index is 13.0. The Morgan fingerprint density at radius 2 is 0.940 bits per heavy atom. The molecule has 0 aliphatic rings. The monoisotopic (exact) mass is 957 g/mol. The smallest absolute Gasteiger partial charge is 0.268 e. The molecule has 0 aromatic rings. The average Bonchev–Trinajstić information content (AvgIpc) is 3.29. The van der Waals surface area contributed by atoms with Crippen LogP contribution in [-0.4, -0.2) is 79.8 Å². The molecule has 0 aliphatic carbocycles. The van der Waals surface area contributed by atoms with Crippen molar-refractivity contribution in [1.29, 1.82) is 0 Å². The fourth-order valence-electron chi connectivity index (χ4n) is 7.17. The second-order valence-electron chi connectivity index (χ2n) is 19.0. The molecule has 3 N–H and O–H groups in total. The lowest BCUT2D eigenvalue weighted by atomic mass is 10.0. The molecule has 10 heteroatoms. The van der Waals surface area contributed by atoms with Gasteiger partial charge in [-0.1, -0.05) is 195 Å². The number of hydrogen-bond donors (Lipinski definition) is 3. The second kappa shape index (κ2) is 47.1. The van der Waals surface area contributed by atoms with Crippen molar-refractivity contribution in [3.05, 3.63) is 97.2 Å². The Balaban J connectivity index is 4.29. The van der Waals surface area contributed by atoms with E-state index in [9.17, 15) is 24.5 Å². The van der Waals surface area contributed by atoms with Crippen molar-refractivity contribution in [1.82, 2.24) is 5.32 Å². The number of aliphatic hydroxyl groups is 2. The first kappa shape index (κ1) is 64.4. The summed E-state index contributed by atoms with van der Waals surface area (Å²) in [6.07, 6.45) is 63.2. The lowest BCUT2D eigenvalue weighted by molar-refractivity contribution is -0.870. The van der Waals surface area contributed by atoms with Crippen LogP contribution in [0.2, 0.25) is 0 Å². The van der Waals surface area contributed by atoms with E-state index in [1.807, 2.05) is 21.1 Å². The van der Waals surface area contributed by atoms with Crippen LogP contribution >= 0.6 is 7.82 Å². The molecule has 4 unspecified atom stereocenters. The topological polar surface area (TPSA) is 128 Å². The average molecular weight is 957 g/mol. The highest BCUT2D eigenvalue weighted by Gasteiger charge is 2.29. The van der Waals surface area contributed by atoms with Gasteiger partial charge in [0.25, 0.3) is 7.82 Å². The van der Waals surface area contributed by atoms with E-state index in [1.165, 1.54) is 77.0 Å². The Morgan fingerprint density at radius 1 is 0.552 bits per heavy atom. The molecular formula is C57H101N2O7P. The zero-order valence-electron chi connectivity index (χ0n) is 43.4. The summed E-state index contributed by atoms with van der Waals surface area (Å²) in [7, 11) is 1.09. The van der Waals surface area contributed by atoms with Crippen molar-refractivity contribution in [2.75, 3.05) is 40.9 Å². The summed E-state index contributed by atoms with van der Waals surface area (Å²) < 4.78 is 23.2. The molecule has 0 fully saturated rings. The van der Waals surface area contributed by atoms with Crippen molar-refractivity contribution in [2.24, 2.45) is 0 Å². The van der Waals surface area contributed by atoms with Crippen molar-refractivity contribution < 1.29 is 38.0 Å². The number of hydrogen-bond acceptors (Lipinski definition) is 7. The maximum Gasteiger partial charge on any atom is 0.268 e. The van der Waals surface area contributed by atoms with Crippen molar-refractivity contribution in [3.63, 3.8) is 0 Å². The van der Waals surface area contributed by atoms with Gasteiger partial charge in [-0.3, -0.25) is 9.36 Å². The molecular weight excluding hydrogens is 856 g/mol. The molecule has 0 aromatic carbocycles. The third-order valence-corrected chi connectivity index (χ3v) is 12.4. The normalized spacial score (nSPS) is 15.3. The molecule has 0 aromatic heterocycles. The summed E-state index contributed by atoms with van der Waals surface area (Å²) in [5, 5.41) is 24.7. The summed E-state index contributed by atoms with van der Waals surface area (Å²) in [4.78, 5) is 25.5. The summed E-state index contributed by atoms with van der Waals surface area (Å²) in [5.41, 5.74) is 0. The molecule has 0 saturated carbocycles. The molecule has 0 spiro atoms. The van der Waals surface area contributed by atoms with Crippen LogP contribution in [0.5, 0.6) is 0 Å². The van der Waals surface area contributed by atoms with Gasteiger partial charge in [0.1, 0.15) is 19.3 Å². The molecule has 0 saturated heterocycles. The van der Waals surface area contributed by atoms with Gasteiger partial charge in [0.05, 0.1) is 39.9 Å². The SMILES string of the molecule is CC/C=C\C/C=C\C/C=C\C/C=C\C/C=C\C/C=C\C/C=C\CCCCCCCCCCCC(=O)NC(COP(=O)([O-])OCC[N+](C)(C)C)C(O)C(O)CCC/C=C/CCCCCCCCC. The second-order valence-corrected chi connectivity index (χ2v) is 20.4. The van der Waals surface area contributed by atoms with Crippen LogP contribution in [0.15, 0.2) is 97.2 Å². The Bertz CT molecular complexity index is 1430. The van der Waals surface area contributed by atoms with Gasteiger partial charge in [0.2, 0.25) is 5.91 Å². The van der Waals surface area contributed by atoms with Gasteiger partial charge in [0, 0.05) is 6.42 Å². The van der Waals surface area contributed by atoms with Gasteiger partial charge in [0.15, 0.2) is 0 Å². The van der Waals surface area contributed by atoms with Crippen molar-refractivity contribution in [3.8, 4) is 0 Å². The maximum absolute atomic E-state index is 13.0. The number of quaternary nitrogens is 1. The minimum absolute atomic E-state index is 0.0522. The number of aliphatic hydroxyl groups excluding tert-OH is 2. The number of allylic oxidation sites excluding steroid dienone is 16. The molecule has 0 radical (unpaired) electrons. The number of carbonyl (C=O) groups is 1. The highest BCUT2D eigenvalue weighted by Crippen LogP contribution is 2.38. The van der Waals surface area contributed by atoms with Gasteiger partial charge in [-0.05, 0) is 96.3 Å². The van der Waals surface area contributed by atoms with E-state index in [0.717, 1.165) is 83.5 Å². The van der Waals surface area contributed by atoms with E-state index >= 15 is 0 Å². The summed E-state index contributed by atoms with van der Waals surface area (Å²) in [6, 6.07) is -1.10. The highest BCUT2D eigenvalue weighted by molar-refractivity contribution is 7.45. The first-order valence-corrected chi connectivity index (χ1v) is 28.1. The molecule has 0 rings (SSSR count). The predicted molar refractivity (Wildman–Crippen MR) is 285 cm³/mol. The minimum atomic E-state index is -4.68. The van der Waals surface area contributed by atoms with Crippen molar-refractivity contribution >= 4 is 13.7 Å². The number of nitrogens with zero attached hydrogens (tertiary/aromatic N) is 1. The van der Waals surface area contributed by atoms with Crippen LogP contribution in [0.4, 0.5) is 0 Å². The Hall–Kier alpha value is -2.62. The third-order valence-electron chi connectivity index (χ3n) is 11.4. The standard InChI is InChI=1S/C57H101N2O7P/c1-6-8-10-12-14-16-18-20-21-22-23-24-25-26-27-28-29-30-31-32-33-34-35-36-37-38-40-42-44-46-48-50-56(61)58-54(53-66-67(63,64)65-52-51-59(3,4)5)57(62)55(60)49-47-45-43-41-39-19-17-15-13-11-9-7-2/h8,10,14,16,20-21,23-24,26-27,29-30,32-33,41,43,54-55,57,60,62H,6-7,9,11-13,15,17-19,22,25,28,31,34-40,42,44-53H2,1-5H3,(H-,58,61,63,64)/b10-8-,16-14-,21-20-,24-23-,27-26-,30-29-,33-32-,43-41+. The number of carbonyl (C=O) groups excluding carboxylic acids is 1. The number of nitrogens with one attached hydrogen (secondary N) is 1. The lowest BCUT2D eigenvalue weighted by Crippen LogP contribution is -2.51. The van der Waals surface area contributed by atoms with Gasteiger partial charge >= 0.3 is 0 Å². The number of unbranched alkanes of at least 4 members (excludes halogenated alkanes) is 17. The van der Waals surface area contributed by atoms with Crippen LogP contribution in [-0.2, 0) is 18.4 Å². The van der Waals surface area contributed by atoms with Crippen LogP contribution in [0.25, 0.3) is 0 Å². The zero-order chi connectivity index (χ0) is 49.4. The van der Waals surface area contributed by atoms with E-state index in [1.54, 1.807) is 0 Å². The van der Waals surface area contributed by atoms with E-state index in [2.05, 4.69) is 116 Å². The molecule has 0 bridgehead atoms. The van der Waals surface area contributed by atoms with Crippen molar-refractivity contribution in [2.45, 2.75) is 218 Å². The van der Waals surface area contributed by atoms with Gasteiger partial charge in [-0.15, -0.1) is 0 Å².